The van der Waals surface area contributed by atoms with Gasteiger partial charge in [0.2, 0.25) is 0 Å². The van der Waals surface area contributed by atoms with Gasteiger partial charge in [0.05, 0.1) is 5.57 Å². The number of hydrogen-bond donors (Lipinski definition) is 1. The minimum absolute atomic E-state index is 0.0269. The van der Waals surface area contributed by atoms with Crippen LogP contribution in [-0.4, -0.2) is 17.9 Å². The lowest BCUT2D eigenvalue weighted by Gasteiger charge is -2.37. The predicted molar refractivity (Wildman–Crippen MR) is 129 cm³/mol. The second-order valence-corrected chi connectivity index (χ2v) is 9.73. The number of ketones is 1. The molecule has 3 aliphatic rings. The first kappa shape index (κ1) is 22.0. The zero-order valence-corrected chi connectivity index (χ0v) is 19.5. The highest BCUT2D eigenvalue weighted by Gasteiger charge is 2.41. The van der Waals surface area contributed by atoms with Crippen LogP contribution in [0, 0.1) is 0 Å². The van der Waals surface area contributed by atoms with E-state index >= 15 is 0 Å². The maximum Gasteiger partial charge on any atom is 0.337 e. The van der Waals surface area contributed by atoms with Crippen molar-refractivity contribution in [1.82, 2.24) is 5.32 Å². The molecule has 4 nitrogen and oxygen atoms in total. The smallest absolute Gasteiger partial charge is 0.337 e. The van der Waals surface area contributed by atoms with E-state index in [-0.39, 0.29) is 23.8 Å². The van der Waals surface area contributed by atoms with E-state index in [4.69, 9.17) is 16.3 Å². The van der Waals surface area contributed by atoms with Crippen LogP contribution in [-0.2, 0) is 14.3 Å². The van der Waals surface area contributed by atoms with Crippen LogP contribution in [0.25, 0.3) is 0 Å². The van der Waals surface area contributed by atoms with Crippen LogP contribution in [0.5, 0.6) is 0 Å². The molecular weight excluding hydrogens is 434 g/mol. The SMILES string of the molecule is CC1=C(C(=O)OC2CCCC2)[C@@H](c2ccccc2)C2=C(C[C@H](c3ccc(Cl)cc3)CC2=O)N1. The van der Waals surface area contributed by atoms with E-state index in [2.05, 4.69) is 5.32 Å². The summed E-state index contributed by atoms with van der Waals surface area (Å²) < 4.78 is 5.91. The first-order chi connectivity index (χ1) is 16.0. The Morgan fingerprint density at radius 3 is 2.36 bits per heavy atom. The molecule has 2 aromatic carbocycles. The molecule has 2 aromatic rings. The Bertz CT molecular complexity index is 1130. The molecule has 0 radical (unpaired) electrons. The molecular formula is C28H28ClNO3. The fourth-order valence-electron chi connectivity index (χ4n) is 5.48. The van der Waals surface area contributed by atoms with Crippen molar-refractivity contribution in [2.45, 2.75) is 63.4 Å². The summed E-state index contributed by atoms with van der Waals surface area (Å²) in [7, 11) is 0. The Balaban J connectivity index is 1.52. The van der Waals surface area contributed by atoms with Crippen LogP contribution >= 0.6 is 11.6 Å². The summed E-state index contributed by atoms with van der Waals surface area (Å²) in [6.07, 6.45) is 5.12. The highest BCUT2D eigenvalue weighted by atomic mass is 35.5. The average Bonchev–Trinajstić information content (AvgIpc) is 3.32. The largest absolute Gasteiger partial charge is 0.459 e. The Morgan fingerprint density at radius 1 is 0.970 bits per heavy atom. The Morgan fingerprint density at radius 2 is 1.67 bits per heavy atom. The summed E-state index contributed by atoms with van der Waals surface area (Å²) in [5.41, 5.74) is 5.00. The lowest BCUT2D eigenvalue weighted by molar-refractivity contribution is -0.144. The van der Waals surface area contributed by atoms with Gasteiger partial charge in [-0.3, -0.25) is 4.79 Å². The number of benzene rings is 2. The van der Waals surface area contributed by atoms with E-state index in [0.717, 1.165) is 48.2 Å². The van der Waals surface area contributed by atoms with Gasteiger partial charge in [-0.15, -0.1) is 0 Å². The lowest BCUT2D eigenvalue weighted by Crippen LogP contribution is -2.36. The van der Waals surface area contributed by atoms with Gasteiger partial charge in [-0.1, -0.05) is 54.1 Å². The summed E-state index contributed by atoms with van der Waals surface area (Å²) in [4.78, 5) is 27.0. The molecule has 0 saturated heterocycles. The Kier molecular flexibility index (Phi) is 6.11. The number of esters is 1. The van der Waals surface area contributed by atoms with Gasteiger partial charge in [0.15, 0.2) is 5.78 Å². The highest BCUT2D eigenvalue weighted by Crippen LogP contribution is 2.46. The second-order valence-electron chi connectivity index (χ2n) is 9.29. The number of hydrogen-bond acceptors (Lipinski definition) is 4. The predicted octanol–water partition coefficient (Wildman–Crippen LogP) is 6.19. The summed E-state index contributed by atoms with van der Waals surface area (Å²) in [6, 6.07) is 17.6. The van der Waals surface area contributed by atoms with Crippen LogP contribution in [0.3, 0.4) is 0 Å². The molecule has 170 valence electrons. The fourth-order valence-corrected chi connectivity index (χ4v) is 5.61. The molecule has 0 aromatic heterocycles. The van der Waals surface area contributed by atoms with Gasteiger partial charge in [-0.05, 0) is 68.2 Å². The van der Waals surface area contributed by atoms with Gasteiger partial charge in [0.1, 0.15) is 6.10 Å². The fraction of sp³-hybridized carbons (Fsp3) is 0.357. The first-order valence-corrected chi connectivity index (χ1v) is 12.1. The van der Waals surface area contributed by atoms with Gasteiger partial charge in [0.25, 0.3) is 0 Å². The van der Waals surface area contributed by atoms with Crippen LogP contribution in [0.4, 0.5) is 0 Å². The summed E-state index contributed by atoms with van der Waals surface area (Å²) >= 11 is 6.06. The zero-order valence-electron chi connectivity index (χ0n) is 18.8. The van der Waals surface area contributed by atoms with E-state index in [1.54, 1.807) is 0 Å². The normalized spacial score (nSPS) is 23.4. The van der Waals surface area contributed by atoms with Crippen molar-refractivity contribution < 1.29 is 14.3 Å². The number of carbonyl (C=O) groups is 2. The number of nitrogens with one attached hydrogen (secondary N) is 1. The van der Waals surface area contributed by atoms with Crippen molar-refractivity contribution >= 4 is 23.4 Å². The number of allylic oxidation sites excluding steroid dienone is 3. The van der Waals surface area contributed by atoms with E-state index in [0.29, 0.717) is 29.0 Å². The molecule has 2 atom stereocenters. The zero-order chi connectivity index (χ0) is 22.9. The van der Waals surface area contributed by atoms with Gasteiger partial charge in [-0.25, -0.2) is 4.79 Å². The van der Waals surface area contributed by atoms with Gasteiger partial charge in [0, 0.05) is 34.3 Å². The molecule has 1 heterocycles. The molecule has 2 aliphatic carbocycles. The third-order valence-corrected chi connectivity index (χ3v) is 7.35. The van der Waals surface area contributed by atoms with Gasteiger partial charge in [-0.2, -0.15) is 0 Å². The maximum absolute atomic E-state index is 13.6. The average molecular weight is 462 g/mol. The van der Waals surface area contributed by atoms with Crippen molar-refractivity contribution in [2.75, 3.05) is 0 Å². The van der Waals surface area contributed by atoms with Crippen LogP contribution in [0.1, 0.15) is 68.4 Å². The molecule has 0 amide bonds. The topological polar surface area (TPSA) is 55.4 Å². The van der Waals surface area contributed by atoms with Crippen LogP contribution in [0.15, 0.2) is 77.1 Å². The number of carbonyl (C=O) groups excluding carboxylic acids is 2. The minimum Gasteiger partial charge on any atom is -0.459 e. The maximum atomic E-state index is 13.6. The molecule has 1 N–H and O–H groups in total. The van der Waals surface area contributed by atoms with Gasteiger partial charge < -0.3 is 10.1 Å². The van der Waals surface area contributed by atoms with Crippen molar-refractivity contribution in [3.8, 4) is 0 Å². The molecule has 1 aliphatic heterocycles. The number of halogens is 1. The molecule has 33 heavy (non-hydrogen) atoms. The quantitative estimate of drug-likeness (QED) is 0.552. The highest BCUT2D eigenvalue weighted by molar-refractivity contribution is 6.30. The summed E-state index contributed by atoms with van der Waals surface area (Å²) in [5.74, 6) is -0.552. The van der Waals surface area contributed by atoms with Crippen molar-refractivity contribution in [3.05, 3.63) is 93.3 Å². The molecule has 0 bridgehead atoms. The van der Waals surface area contributed by atoms with E-state index in [9.17, 15) is 9.59 Å². The summed E-state index contributed by atoms with van der Waals surface area (Å²) in [6.45, 7) is 1.92. The molecule has 0 spiro atoms. The summed E-state index contributed by atoms with van der Waals surface area (Å²) in [5, 5.41) is 4.11. The molecule has 5 rings (SSSR count). The third-order valence-electron chi connectivity index (χ3n) is 7.10. The van der Waals surface area contributed by atoms with Crippen molar-refractivity contribution in [2.24, 2.45) is 0 Å². The second kappa shape index (κ2) is 9.18. The standard InChI is InChI=1S/C28H28ClNO3/c1-17-25(28(32)33-22-9-5-6-10-22)26(19-7-3-2-4-8-19)27-23(30-17)15-20(16-24(27)31)18-11-13-21(29)14-12-18/h2-4,7-8,11-14,20,22,26,30H,5-6,9-10,15-16H2,1H3/t20-,26+/m0/s1. The molecule has 1 saturated carbocycles. The van der Waals surface area contributed by atoms with Crippen LogP contribution in [0.2, 0.25) is 5.02 Å². The number of rotatable bonds is 4. The number of ether oxygens (including phenoxy) is 1. The van der Waals surface area contributed by atoms with Gasteiger partial charge >= 0.3 is 5.97 Å². The molecule has 5 heteroatoms. The van der Waals surface area contributed by atoms with E-state index in [1.165, 1.54) is 0 Å². The van der Waals surface area contributed by atoms with E-state index in [1.807, 2.05) is 61.5 Å². The number of Topliss-reactive ketones (excluding diaryl/α,β-unsaturated/α-hetero) is 1. The Labute approximate surface area is 199 Å². The van der Waals surface area contributed by atoms with Crippen molar-refractivity contribution in [3.63, 3.8) is 0 Å². The lowest BCUT2D eigenvalue weighted by atomic mass is 9.72. The Hall–Kier alpha value is -2.85. The van der Waals surface area contributed by atoms with Crippen LogP contribution < -0.4 is 5.32 Å². The third kappa shape index (κ3) is 4.37. The molecule has 1 fully saturated rings. The van der Waals surface area contributed by atoms with Crippen molar-refractivity contribution in [1.29, 1.82) is 0 Å². The first-order valence-electron chi connectivity index (χ1n) is 11.8. The van der Waals surface area contributed by atoms with E-state index < -0.39 is 5.92 Å². The number of dihydropyridines is 1. The minimum atomic E-state index is -0.407. The monoisotopic (exact) mass is 461 g/mol. The molecule has 0 unspecified atom stereocenters.